The molecule has 3 heterocycles. The summed E-state index contributed by atoms with van der Waals surface area (Å²) in [5, 5.41) is 6.53. The molecule has 0 aliphatic heterocycles. The first-order valence-corrected chi connectivity index (χ1v) is 9.63. The van der Waals surface area contributed by atoms with Gasteiger partial charge in [0.05, 0.1) is 22.9 Å². The van der Waals surface area contributed by atoms with Crippen LogP contribution >= 0.6 is 23.4 Å². The number of nitrogens with one attached hydrogen (secondary N) is 1. The van der Waals surface area contributed by atoms with Gasteiger partial charge in [-0.05, 0) is 42.1 Å². The fourth-order valence-electron chi connectivity index (χ4n) is 3.03. The zero-order chi connectivity index (χ0) is 19.3. The van der Waals surface area contributed by atoms with Crippen molar-refractivity contribution in [2.75, 3.05) is 0 Å². The molecule has 0 fully saturated rings. The summed E-state index contributed by atoms with van der Waals surface area (Å²) in [6.07, 6.45) is 1.53. The van der Waals surface area contributed by atoms with Gasteiger partial charge >= 0.3 is 0 Å². The van der Waals surface area contributed by atoms with E-state index in [2.05, 4.69) is 20.1 Å². The third kappa shape index (κ3) is 2.78. The van der Waals surface area contributed by atoms with Gasteiger partial charge in [-0.15, -0.1) is 0 Å². The Balaban J connectivity index is 1.62. The van der Waals surface area contributed by atoms with Crippen LogP contribution in [0.3, 0.4) is 0 Å². The van der Waals surface area contributed by atoms with Crippen molar-refractivity contribution in [3.8, 4) is 5.69 Å². The summed E-state index contributed by atoms with van der Waals surface area (Å²) in [5.74, 6) is 0. The second kappa shape index (κ2) is 6.50. The minimum atomic E-state index is -0.239. The lowest BCUT2D eigenvalue weighted by atomic mass is 10.3. The molecule has 0 radical (unpaired) electrons. The molecular weight excluding hydrogens is 396 g/mol. The normalized spacial score (nSPS) is 11.5. The molecule has 28 heavy (non-hydrogen) atoms. The maximum atomic E-state index is 12.5. The molecule has 7 nitrogen and oxygen atoms in total. The first-order chi connectivity index (χ1) is 13.6. The number of fused-ring (bicyclic) bond motifs is 2. The fraction of sp³-hybridized carbons (Fsp3) is 0.0526. The molecule has 0 saturated heterocycles. The number of hydrogen-bond donors (Lipinski definition) is 1. The molecular formula is C19H13ClN6OS. The molecule has 0 amide bonds. The molecule has 5 rings (SSSR count). The van der Waals surface area contributed by atoms with Gasteiger partial charge in [-0.1, -0.05) is 29.8 Å². The van der Waals surface area contributed by atoms with Crippen molar-refractivity contribution < 1.29 is 0 Å². The van der Waals surface area contributed by atoms with Gasteiger partial charge in [-0.25, -0.2) is 14.6 Å². The number of aryl methyl sites for hydroxylation is 1. The van der Waals surface area contributed by atoms with Gasteiger partial charge in [0.15, 0.2) is 16.0 Å². The Kier molecular flexibility index (Phi) is 3.96. The Labute approximate surface area is 168 Å². The van der Waals surface area contributed by atoms with E-state index in [0.717, 1.165) is 16.7 Å². The van der Waals surface area contributed by atoms with Crippen molar-refractivity contribution >= 4 is 45.4 Å². The minimum Gasteiger partial charge on any atom is -0.322 e. The Hall–Kier alpha value is -3.10. The topological polar surface area (TPSA) is 81.4 Å². The van der Waals surface area contributed by atoms with Crippen LogP contribution in [0.25, 0.3) is 27.8 Å². The summed E-state index contributed by atoms with van der Waals surface area (Å²) >= 11 is 7.35. The molecule has 0 saturated carbocycles. The average Bonchev–Trinajstić information content (AvgIpc) is 3.24. The number of aromatic amines is 1. The highest BCUT2D eigenvalue weighted by Gasteiger charge is 2.15. The number of para-hydroxylation sites is 1. The third-order valence-corrected chi connectivity index (χ3v) is 5.58. The van der Waals surface area contributed by atoms with Gasteiger partial charge in [0.1, 0.15) is 5.39 Å². The number of nitrogens with zero attached hydrogens (tertiary/aromatic N) is 5. The Morgan fingerprint density at radius 1 is 1.11 bits per heavy atom. The predicted molar refractivity (Wildman–Crippen MR) is 109 cm³/mol. The van der Waals surface area contributed by atoms with Crippen LogP contribution in [0.4, 0.5) is 0 Å². The highest BCUT2D eigenvalue weighted by molar-refractivity contribution is 7.99. The molecule has 1 N–H and O–H groups in total. The van der Waals surface area contributed by atoms with Crippen LogP contribution in [0.2, 0.25) is 5.02 Å². The average molecular weight is 409 g/mol. The Morgan fingerprint density at radius 2 is 1.93 bits per heavy atom. The minimum absolute atomic E-state index is 0.239. The summed E-state index contributed by atoms with van der Waals surface area (Å²) in [7, 11) is 1.91. The van der Waals surface area contributed by atoms with Crippen molar-refractivity contribution in [1.29, 1.82) is 0 Å². The highest BCUT2D eigenvalue weighted by atomic mass is 35.5. The van der Waals surface area contributed by atoms with E-state index in [1.807, 2.05) is 60.1 Å². The van der Waals surface area contributed by atoms with Crippen LogP contribution in [0.5, 0.6) is 0 Å². The standard InChI is InChI=1S/C19H13ClN6OS/c1-25-15-8-7-11(20)9-14(15)22-19(25)28-18-23-16-13(17(27)24-18)10-21-26(16)12-5-3-2-4-6-12/h2-10H,1H3,(H,23,24,27). The highest BCUT2D eigenvalue weighted by Crippen LogP contribution is 2.28. The summed E-state index contributed by atoms with van der Waals surface area (Å²) in [5.41, 5.74) is 2.83. The maximum absolute atomic E-state index is 12.5. The summed E-state index contributed by atoms with van der Waals surface area (Å²) in [6, 6.07) is 15.1. The maximum Gasteiger partial charge on any atom is 0.262 e. The number of halogens is 1. The number of aromatic nitrogens is 6. The van der Waals surface area contributed by atoms with Crippen molar-refractivity contribution in [3.63, 3.8) is 0 Å². The van der Waals surface area contributed by atoms with E-state index in [4.69, 9.17) is 11.6 Å². The third-order valence-electron chi connectivity index (χ3n) is 4.41. The van der Waals surface area contributed by atoms with Crippen LogP contribution in [0, 0.1) is 0 Å². The number of rotatable bonds is 3. The van der Waals surface area contributed by atoms with E-state index in [1.54, 1.807) is 4.68 Å². The van der Waals surface area contributed by atoms with E-state index >= 15 is 0 Å². The first kappa shape index (κ1) is 17.0. The molecule has 0 bridgehead atoms. The molecule has 3 aromatic heterocycles. The molecule has 0 aliphatic carbocycles. The molecule has 2 aromatic carbocycles. The largest absolute Gasteiger partial charge is 0.322 e. The number of imidazole rings is 1. The summed E-state index contributed by atoms with van der Waals surface area (Å²) in [4.78, 5) is 24.6. The summed E-state index contributed by atoms with van der Waals surface area (Å²) < 4.78 is 3.60. The molecule has 0 spiro atoms. The Morgan fingerprint density at radius 3 is 2.75 bits per heavy atom. The molecule has 9 heteroatoms. The lowest BCUT2D eigenvalue weighted by molar-refractivity contribution is 0.807. The van der Waals surface area contributed by atoms with Crippen molar-refractivity contribution in [1.82, 2.24) is 29.3 Å². The second-order valence-corrected chi connectivity index (χ2v) is 7.58. The van der Waals surface area contributed by atoms with Gasteiger partial charge in [-0.3, -0.25) is 4.79 Å². The zero-order valence-electron chi connectivity index (χ0n) is 14.6. The van der Waals surface area contributed by atoms with Crippen LogP contribution in [-0.2, 0) is 7.05 Å². The van der Waals surface area contributed by atoms with Gasteiger partial charge in [-0.2, -0.15) is 5.10 Å². The predicted octanol–water partition coefficient (Wildman–Crippen LogP) is 3.80. The number of benzene rings is 2. The van der Waals surface area contributed by atoms with E-state index in [9.17, 15) is 4.79 Å². The summed E-state index contributed by atoms with van der Waals surface area (Å²) in [6.45, 7) is 0. The van der Waals surface area contributed by atoms with E-state index in [-0.39, 0.29) is 5.56 Å². The molecule has 0 aliphatic rings. The van der Waals surface area contributed by atoms with Crippen molar-refractivity contribution in [2.24, 2.45) is 7.05 Å². The Bertz CT molecular complexity index is 1390. The number of H-pyrrole nitrogens is 1. The molecule has 138 valence electrons. The van der Waals surface area contributed by atoms with Crippen LogP contribution in [0.15, 0.2) is 69.8 Å². The van der Waals surface area contributed by atoms with Crippen LogP contribution in [-0.4, -0.2) is 29.3 Å². The van der Waals surface area contributed by atoms with Crippen molar-refractivity contribution in [3.05, 3.63) is 70.1 Å². The van der Waals surface area contributed by atoms with Crippen molar-refractivity contribution in [2.45, 2.75) is 10.3 Å². The number of hydrogen-bond acceptors (Lipinski definition) is 5. The van der Waals surface area contributed by atoms with Gasteiger partial charge in [0, 0.05) is 12.1 Å². The van der Waals surface area contributed by atoms with Gasteiger partial charge in [0.2, 0.25) is 0 Å². The second-order valence-electron chi connectivity index (χ2n) is 6.19. The van der Waals surface area contributed by atoms with Crippen LogP contribution in [0.1, 0.15) is 0 Å². The quantitative estimate of drug-likeness (QED) is 0.459. The SMILES string of the molecule is Cn1c(Sc2nc3c(cnn3-c3ccccc3)c(=O)[nH]2)nc2cc(Cl)ccc21. The van der Waals surface area contributed by atoms with E-state index in [0.29, 0.717) is 26.4 Å². The molecule has 0 unspecified atom stereocenters. The fourth-order valence-corrected chi connectivity index (χ4v) is 4.03. The van der Waals surface area contributed by atoms with Crippen LogP contribution < -0.4 is 5.56 Å². The lowest BCUT2D eigenvalue weighted by Crippen LogP contribution is -2.10. The zero-order valence-corrected chi connectivity index (χ0v) is 16.2. The lowest BCUT2D eigenvalue weighted by Gasteiger charge is -2.04. The monoisotopic (exact) mass is 408 g/mol. The van der Waals surface area contributed by atoms with E-state index < -0.39 is 0 Å². The smallest absolute Gasteiger partial charge is 0.262 e. The van der Waals surface area contributed by atoms with Gasteiger partial charge < -0.3 is 9.55 Å². The van der Waals surface area contributed by atoms with E-state index in [1.165, 1.54) is 18.0 Å². The van der Waals surface area contributed by atoms with Gasteiger partial charge in [0.25, 0.3) is 5.56 Å². The molecule has 0 atom stereocenters. The molecule has 5 aromatic rings. The first-order valence-electron chi connectivity index (χ1n) is 8.43.